The number of amides is 1. The van der Waals surface area contributed by atoms with Crippen molar-refractivity contribution in [2.75, 3.05) is 20.6 Å². The van der Waals surface area contributed by atoms with E-state index in [2.05, 4.69) is 28.4 Å². The Bertz CT molecular complexity index is 1340. The molecule has 168 valence electrons. The van der Waals surface area contributed by atoms with Gasteiger partial charge in [-0.25, -0.2) is 4.98 Å². The summed E-state index contributed by atoms with van der Waals surface area (Å²) in [6.07, 6.45) is 0. The maximum absolute atomic E-state index is 13.0. The van der Waals surface area contributed by atoms with Crippen molar-refractivity contribution in [1.29, 1.82) is 5.26 Å². The molecule has 4 aromatic rings. The summed E-state index contributed by atoms with van der Waals surface area (Å²) in [7, 11) is 4.03. The van der Waals surface area contributed by atoms with Gasteiger partial charge in [0.25, 0.3) is 0 Å². The largest absolute Gasteiger partial charge is 0.353 e. The number of hydrogen-bond acceptors (Lipinski definition) is 5. The molecule has 0 aliphatic rings. The zero-order valence-electron chi connectivity index (χ0n) is 19.2. The van der Waals surface area contributed by atoms with E-state index in [1.165, 1.54) is 11.8 Å². The number of thioether (sulfide) groups is 1. The molecule has 0 unspecified atom stereocenters. The van der Waals surface area contributed by atoms with Gasteiger partial charge in [-0.3, -0.25) is 9.20 Å². The third kappa shape index (κ3) is 4.58. The van der Waals surface area contributed by atoms with Crippen LogP contribution in [0.1, 0.15) is 29.7 Å². The molecule has 2 aromatic heterocycles. The van der Waals surface area contributed by atoms with Crippen molar-refractivity contribution in [3.8, 4) is 6.07 Å². The predicted molar refractivity (Wildman–Crippen MR) is 133 cm³/mol. The first-order valence-corrected chi connectivity index (χ1v) is 11.7. The summed E-state index contributed by atoms with van der Waals surface area (Å²) in [6, 6.07) is 22.3. The first-order chi connectivity index (χ1) is 15.9. The molecule has 2 aromatic carbocycles. The summed E-state index contributed by atoms with van der Waals surface area (Å²) < 4.78 is 1.99. The number of aryl methyl sites for hydroxylation is 1. The fourth-order valence-corrected chi connectivity index (χ4v) is 5.08. The van der Waals surface area contributed by atoms with Crippen LogP contribution in [0.15, 0.2) is 65.7 Å². The molecule has 0 saturated carbocycles. The van der Waals surface area contributed by atoms with Crippen molar-refractivity contribution in [3.05, 3.63) is 77.4 Å². The number of rotatable bonds is 7. The van der Waals surface area contributed by atoms with Crippen molar-refractivity contribution >= 4 is 34.3 Å². The third-order valence-electron chi connectivity index (χ3n) is 5.79. The Kier molecular flexibility index (Phi) is 6.68. The average Bonchev–Trinajstić information content (AvgIpc) is 3.19. The van der Waals surface area contributed by atoms with Crippen LogP contribution < -0.4 is 5.32 Å². The number of pyridine rings is 1. The lowest BCUT2D eigenvalue weighted by Crippen LogP contribution is -2.38. The summed E-state index contributed by atoms with van der Waals surface area (Å²) in [6.45, 7) is 4.34. The molecule has 0 aliphatic heterocycles. The van der Waals surface area contributed by atoms with Crippen molar-refractivity contribution in [1.82, 2.24) is 19.6 Å². The number of fused-ring (bicyclic) bond motifs is 3. The van der Waals surface area contributed by atoms with Crippen molar-refractivity contribution < 1.29 is 4.79 Å². The highest BCUT2D eigenvalue weighted by Gasteiger charge is 2.22. The fraction of sp³-hybridized carbons (Fsp3) is 0.269. The monoisotopic (exact) mass is 457 g/mol. The second kappa shape index (κ2) is 9.65. The molecule has 1 amide bonds. The Morgan fingerprint density at radius 3 is 2.58 bits per heavy atom. The maximum atomic E-state index is 13.0. The van der Waals surface area contributed by atoms with E-state index in [0.717, 1.165) is 27.2 Å². The van der Waals surface area contributed by atoms with Gasteiger partial charge in [-0.05, 0) is 57.3 Å². The number of hydrogen-bond donors (Lipinski definition) is 1. The van der Waals surface area contributed by atoms with Gasteiger partial charge in [-0.2, -0.15) is 5.26 Å². The number of carbonyl (C=O) groups excluding carboxylic acids is 1. The molecule has 1 N–H and O–H groups in total. The van der Waals surface area contributed by atoms with Gasteiger partial charge in [0.2, 0.25) is 5.91 Å². The minimum atomic E-state index is -0.319. The van der Waals surface area contributed by atoms with E-state index in [0.29, 0.717) is 17.8 Å². The van der Waals surface area contributed by atoms with Gasteiger partial charge in [0.15, 0.2) is 5.65 Å². The lowest BCUT2D eigenvalue weighted by molar-refractivity contribution is -0.120. The number of nitriles is 1. The van der Waals surface area contributed by atoms with Crippen LogP contribution in [-0.4, -0.2) is 46.1 Å². The van der Waals surface area contributed by atoms with Gasteiger partial charge in [-0.1, -0.05) is 54.2 Å². The van der Waals surface area contributed by atoms with Crippen molar-refractivity contribution in [2.24, 2.45) is 0 Å². The number of nitrogens with zero attached hydrogens (tertiary/aromatic N) is 4. The Hall–Kier alpha value is -3.34. The van der Waals surface area contributed by atoms with Crippen LogP contribution in [0.4, 0.5) is 0 Å². The highest BCUT2D eigenvalue weighted by molar-refractivity contribution is 8.00. The number of aromatic nitrogens is 2. The van der Waals surface area contributed by atoms with E-state index in [-0.39, 0.29) is 17.2 Å². The van der Waals surface area contributed by atoms with E-state index >= 15 is 0 Å². The second-order valence-corrected chi connectivity index (χ2v) is 9.67. The van der Waals surface area contributed by atoms with Gasteiger partial charge in [0, 0.05) is 6.54 Å². The summed E-state index contributed by atoms with van der Waals surface area (Å²) >= 11 is 1.48. The summed E-state index contributed by atoms with van der Waals surface area (Å²) in [5, 5.41) is 13.4. The quantitative estimate of drug-likeness (QED) is 0.412. The van der Waals surface area contributed by atoms with E-state index in [1.807, 2.05) is 80.9 Å². The van der Waals surface area contributed by atoms with E-state index in [1.54, 1.807) is 0 Å². The number of carbonyl (C=O) groups is 1. The predicted octanol–water partition coefficient (Wildman–Crippen LogP) is 4.57. The van der Waals surface area contributed by atoms with Gasteiger partial charge in [-0.15, -0.1) is 0 Å². The summed E-state index contributed by atoms with van der Waals surface area (Å²) in [4.78, 5) is 19.8. The number of benzene rings is 2. The van der Waals surface area contributed by atoms with Crippen LogP contribution in [0.3, 0.4) is 0 Å². The number of likely N-dealkylation sites (N-methyl/N-ethyl adjacent to an activating group) is 1. The highest BCUT2D eigenvalue weighted by atomic mass is 32.2. The Labute approximate surface area is 198 Å². The van der Waals surface area contributed by atoms with Crippen LogP contribution in [0.2, 0.25) is 0 Å². The SMILES string of the molecule is Cc1cc(S[C@@H](C)C(=O)NC[C@H](c2ccccc2)N(C)C)n2c(nc3ccccc32)c1C#N. The number of nitrogens with one attached hydrogen (secondary N) is 1. The molecule has 2 atom stereocenters. The smallest absolute Gasteiger partial charge is 0.233 e. The Morgan fingerprint density at radius 2 is 1.88 bits per heavy atom. The van der Waals surface area contributed by atoms with Gasteiger partial charge in [0.05, 0.1) is 32.9 Å². The fourth-order valence-electron chi connectivity index (χ4n) is 3.99. The van der Waals surface area contributed by atoms with Crippen molar-refractivity contribution in [3.63, 3.8) is 0 Å². The standard InChI is InChI=1S/C26H27N5OS/c1-17-14-24(31-22-13-9-8-12-21(22)29-25(31)20(17)15-27)33-18(2)26(32)28-16-23(30(3)4)19-10-6-5-7-11-19/h5-14,18,23H,16H2,1-4H3,(H,28,32)/t18-,23+/m0/s1. The Morgan fingerprint density at radius 1 is 1.18 bits per heavy atom. The number of imidazole rings is 1. The molecular formula is C26H27N5OS. The highest BCUT2D eigenvalue weighted by Crippen LogP contribution is 2.31. The minimum Gasteiger partial charge on any atom is -0.353 e. The number of para-hydroxylation sites is 2. The lowest BCUT2D eigenvalue weighted by atomic mass is 10.1. The molecule has 2 heterocycles. The van der Waals surface area contributed by atoms with Crippen LogP contribution >= 0.6 is 11.8 Å². The Balaban J connectivity index is 1.58. The maximum Gasteiger partial charge on any atom is 0.233 e. The van der Waals surface area contributed by atoms with E-state index < -0.39 is 0 Å². The molecule has 0 bridgehead atoms. The first kappa shape index (κ1) is 22.8. The molecule has 0 fully saturated rings. The molecule has 33 heavy (non-hydrogen) atoms. The summed E-state index contributed by atoms with van der Waals surface area (Å²) in [5.41, 5.74) is 4.96. The first-order valence-electron chi connectivity index (χ1n) is 10.9. The lowest BCUT2D eigenvalue weighted by Gasteiger charge is -2.25. The minimum absolute atomic E-state index is 0.0256. The molecule has 0 saturated heterocycles. The van der Waals surface area contributed by atoms with Crippen LogP contribution in [0.5, 0.6) is 0 Å². The van der Waals surface area contributed by atoms with Gasteiger partial charge in [0.1, 0.15) is 6.07 Å². The molecule has 6 nitrogen and oxygen atoms in total. The van der Waals surface area contributed by atoms with E-state index in [4.69, 9.17) is 4.98 Å². The second-order valence-electron chi connectivity index (χ2n) is 8.31. The van der Waals surface area contributed by atoms with Crippen LogP contribution in [0.25, 0.3) is 16.7 Å². The van der Waals surface area contributed by atoms with Gasteiger partial charge < -0.3 is 10.2 Å². The summed E-state index contributed by atoms with van der Waals surface area (Å²) in [5.74, 6) is -0.0256. The zero-order valence-corrected chi connectivity index (χ0v) is 20.1. The molecule has 0 spiro atoms. The molecule has 0 radical (unpaired) electrons. The van der Waals surface area contributed by atoms with Crippen LogP contribution in [-0.2, 0) is 4.79 Å². The molecular weight excluding hydrogens is 430 g/mol. The van der Waals surface area contributed by atoms with Crippen LogP contribution in [0, 0.1) is 18.3 Å². The molecule has 4 rings (SSSR count). The zero-order chi connectivity index (χ0) is 23.5. The third-order valence-corrected chi connectivity index (χ3v) is 6.90. The molecule has 7 heteroatoms. The average molecular weight is 458 g/mol. The topological polar surface area (TPSA) is 73.4 Å². The van der Waals surface area contributed by atoms with Crippen molar-refractivity contribution in [2.45, 2.75) is 30.2 Å². The normalized spacial score (nSPS) is 13.2. The van der Waals surface area contributed by atoms with Gasteiger partial charge >= 0.3 is 0 Å². The molecule has 0 aliphatic carbocycles. The van der Waals surface area contributed by atoms with E-state index in [9.17, 15) is 10.1 Å².